The molecule has 3 rings (SSSR count). The van der Waals surface area contributed by atoms with Crippen molar-refractivity contribution in [2.75, 3.05) is 6.26 Å². The van der Waals surface area contributed by atoms with E-state index >= 15 is 0 Å². The second-order valence-corrected chi connectivity index (χ2v) is 5.47. The Morgan fingerprint density at radius 2 is 1.67 bits per heavy atom. The van der Waals surface area contributed by atoms with Crippen LogP contribution in [0.5, 0.6) is 0 Å². The van der Waals surface area contributed by atoms with E-state index in [9.17, 15) is 8.42 Å². The summed E-state index contributed by atoms with van der Waals surface area (Å²) in [6.45, 7) is 0. The molecule has 1 heterocycles. The normalized spacial score (nSPS) is 10.0. The van der Waals surface area contributed by atoms with Gasteiger partial charge in [0.25, 0.3) is 10.1 Å². The minimum absolute atomic E-state index is 0. The van der Waals surface area contributed by atoms with E-state index in [4.69, 9.17) is 4.55 Å². The molecule has 0 aliphatic rings. The van der Waals surface area contributed by atoms with E-state index in [0.717, 1.165) is 10.9 Å². The quantitative estimate of drug-likeness (QED) is 0.304. The van der Waals surface area contributed by atoms with Crippen LogP contribution >= 0.6 is 0 Å². The van der Waals surface area contributed by atoms with Crippen LogP contribution in [0, 0.1) is 13.5 Å². The number of nitrogens with zero attached hydrogens (tertiary/aromatic N) is 1. The number of aromatic nitrogens is 1. The number of benzene rings is 2. The molecule has 1 aromatic heterocycles. The van der Waals surface area contributed by atoms with Gasteiger partial charge in [0.05, 0.1) is 6.26 Å². The molecule has 0 aliphatic carbocycles. The Balaban J connectivity index is 0.000000507. The average Bonchev–Trinajstić information content (AvgIpc) is 2.37. The van der Waals surface area contributed by atoms with Crippen molar-refractivity contribution in [2.45, 2.75) is 0 Å². The van der Waals surface area contributed by atoms with E-state index in [1.807, 2.05) is 24.4 Å². The van der Waals surface area contributed by atoms with Gasteiger partial charge in [-0.3, -0.25) is 4.55 Å². The van der Waals surface area contributed by atoms with Crippen LogP contribution in [0.2, 0.25) is 0 Å². The van der Waals surface area contributed by atoms with Crippen LogP contribution in [-0.4, -0.2) is 24.2 Å². The summed E-state index contributed by atoms with van der Waals surface area (Å²) < 4.78 is 25.9. The van der Waals surface area contributed by atoms with Gasteiger partial charge < -0.3 is 12.4 Å². The van der Waals surface area contributed by atoms with Gasteiger partial charge in [-0.05, 0) is 17.0 Å². The van der Waals surface area contributed by atoms with Crippen LogP contribution in [0.1, 0.15) is 0 Å². The van der Waals surface area contributed by atoms with Gasteiger partial charge in [-0.15, -0.1) is 35.0 Å². The van der Waals surface area contributed by atoms with Crippen LogP contribution in [0.4, 0.5) is 0 Å². The number of hydrogen-bond donors (Lipinski definition) is 1. The summed E-state index contributed by atoms with van der Waals surface area (Å²) in [5.41, 5.74) is 1.03. The molecule has 1 N–H and O–H groups in total. The van der Waals surface area contributed by atoms with Crippen LogP contribution in [0.15, 0.2) is 48.7 Å². The van der Waals surface area contributed by atoms with E-state index in [2.05, 4.69) is 35.3 Å². The summed E-state index contributed by atoms with van der Waals surface area (Å²) in [5.74, 6) is 0. The molecule has 3 aromatic rings. The monoisotopic (exact) mass is 482 g/mol. The molecule has 0 amide bonds. The molecule has 115 valence electrons. The molecule has 0 spiro atoms. The third-order valence-electron chi connectivity index (χ3n) is 2.41. The smallest absolute Gasteiger partial charge is 0.261 e. The first kappa shape index (κ1) is 19.7. The van der Waals surface area contributed by atoms with Gasteiger partial charge in [-0.25, -0.2) is 0 Å². The van der Waals surface area contributed by atoms with Crippen molar-refractivity contribution in [1.82, 2.24) is 4.98 Å². The van der Waals surface area contributed by atoms with Gasteiger partial charge in [0.2, 0.25) is 0 Å². The average molecular weight is 482 g/mol. The molecule has 4 nitrogen and oxygen atoms in total. The molecule has 1 radical (unpaired) electrons. The number of hydrogen-bond acceptors (Lipinski definition) is 3. The Hall–Kier alpha value is -1.33. The largest absolute Gasteiger partial charge is 0.358 e. The summed E-state index contributed by atoms with van der Waals surface area (Å²) in [7, 11) is -3.67. The number of fused-ring (bicyclic) bond motifs is 3. The van der Waals surface area contributed by atoms with E-state index in [1.54, 1.807) is 0 Å². The third-order valence-corrected chi connectivity index (χ3v) is 2.41. The second-order valence-electron chi connectivity index (χ2n) is 4.01. The first-order valence-corrected chi connectivity index (χ1v) is 7.36. The molecule has 0 bridgehead atoms. The summed E-state index contributed by atoms with van der Waals surface area (Å²) >= 11 is 0. The SMILES string of the molecule is CS(=O)(=O)O.[CH3-].[Ir].[c-]1cccc2ccc3cccnc3c12. The summed E-state index contributed by atoms with van der Waals surface area (Å²) in [4.78, 5) is 4.38. The zero-order chi connectivity index (χ0) is 13.9. The minimum Gasteiger partial charge on any atom is -0.358 e. The van der Waals surface area contributed by atoms with Crippen molar-refractivity contribution >= 4 is 31.8 Å². The van der Waals surface area contributed by atoms with Crippen LogP contribution in [0.3, 0.4) is 0 Å². The summed E-state index contributed by atoms with van der Waals surface area (Å²) in [6.07, 6.45) is 2.54. The van der Waals surface area contributed by atoms with Crippen LogP contribution in [0.25, 0.3) is 21.7 Å². The second kappa shape index (κ2) is 8.19. The fourth-order valence-electron chi connectivity index (χ4n) is 1.73. The van der Waals surface area contributed by atoms with Crippen molar-refractivity contribution < 1.29 is 33.1 Å². The first-order valence-electron chi connectivity index (χ1n) is 5.52. The molecule has 0 saturated heterocycles. The van der Waals surface area contributed by atoms with Crippen LogP contribution in [-0.2, 0) is 30.2 Å². The fraction of sp³-hybridized carbons (Fsp3) is 0.0667. The predicted molar refractivity (Wildman–Crippen MR) is 82.0 cm³/mol. The maximum atomic E-state index is 9.19. The zero-order valence-corrected chi connectivity index (χ0v) is 14.8. The maximum Gasteiger partial charge on any atom is 0.261 e. The van der Waals surface area contributed by atoms with Crippen molar-refractivity contribution in [2.24, 2.45) is 0 Å². The van der Waals surface area contributed by atoms with E-state index in [-0.39, 0.29) is 27.5 Å². The molecule has 0 fully saturated rings. The topological polar surface area (TPSA) is 67.3 Å². The molecule has 0 atom stereocenters. The van der Waals surface area contributed by atoms with Gasteiger partial charge in [-0.1, -0.05) is 18.2 Å². The Bertz CT molecular complexity index is 756. The van der Waals surface area contributed by atoms with Crippen molar-refractivity contribution in [3.63, 3.8) is 0 Å². The van der Waals surface area contributed by atoms with Gasteiger partial charge >= 0.3 is 0 Å². The molecule has 2 aromatic carbocycles. The van der Waals surface area contributed by atoms with Crippen molar-refractivity contribution in [1.29, 1.82) is 0 Å². The fourth-order valence-corrected chi connectivity index (χ4v) is 1.73. The third kappa shape index (κ3) is 5.89. The Kier molecular flexibility index (Phi) is 7.68. The molecular formula is C15H15IrNO3S-2. The molecule has 0 saturated carbocycles. The predicted octanol–water partition coefficient (Wildman–Crippen LogP) is 3.14. The Morgan fingerprint density at radius 3 is 2.33 bits per heavy atom. The van der Waals surface area contributed by atoms with Gasteiger partial charge in [0.15, 0.2) is 0 Å². The van der Waals surface area contributed by atoms with Crippen LogP contribution < -0.4 is 0 Å². The number of pyridine rings is 1. The Labute approximate surface area is 138 Å². The molecule has 6 heteroatoms. The zero-order valence-electron chi connectivity index (χ0n) is 11.6. The van der Waals surface area contributed by atoms with Crippen molar-refractivity contribution in [3.05, 3.63) is 62.2 Å². The summed E-state index contributed by atoms with van der Waals surface area (Å²) in [5, 5.41) is 3.46. The van der Waals surface area contributed by atoms with E-state index in [0.29, 0.717) is 6.26 Å². The maximum absolute atomic E-state index is 9.19. The van der Waals surface area contributed by atoms with E-state index in [1.165, 1.54) is 10.8 Å². The summed E-state index contributed by atoms with van der Waals surface area (Å²) in [6, 6.07) is 17.5. The van der Waals surface area contributed by atoms with Gasteiger partial charge in [0, 0.05) is 26.3 Å². The number of rotatable bonds is 0. The van der Waals surface area contributed by atoms with Gasteiger partial charge in [0.1, 0.15) is 0 Å². The van der Waals surface area contributed by atoms with E-state index < -0.39 is 10.1 Å². The standard InChI is InChI=1S/C13H8N.CH4O3S.CH3.Ir/c1-2-6-12-10(4-1)7-8-11-5-3-9-14-13(11)12;1-5(2,3)4;;/h1-5,7-9H;1H3,(H,2,3,4);1H3;/q-1;;-1;. The first-order chi connectivity index (χ1) is 8.95. The molecular weight excluding hydrogens is 466 g/mol. The molecule has 0 unspecified atom stereocenters. The van der Waals surface area contributed by atoms with Crippen molar-refractivity contribution in [3.8, 4) is 0 Å². The minimum atomic E-state index is -3.67. The molecule has 0 aliphatic heterocycles. The molecule has 21 heavy (non-hydrogen) atoms. The Morgan fingerprint density at radius 1 is 1.10 bits per heavy atom. The van der Waals surface area contributed by atoms with Gasteiger partial charge in [-0.2, -0.15) is 8.42 Å².